The molecule has 1 fully saturated rings. The Balaban J connectivity index is 2.06. The molecule has 1 aromatic rings. The summed E-state index contributed by atoms with van der Waals surface area (Å²) in [4.78, 5) is 14.2. The van der Waals surface area contributed by atoms with E-state index in [-0.39, 0.29) is 11.8 Å². The summed E-state index contributed by atoms with van der Waals surface area (Å²) in [7, 11) is 1.79. The quantitative estimate of drug-likeness (QED) is 0.903. The topological polar surface area (TPSA) is 70.1 Å². The minimum Gasteiger partial charge on any atom is -0.314 e. The first-order valence-electron chi connectivity index (χ1n) is 6.69. The molecule has 0 aliphatic heterocycles. The molecular formula is C15H18BrN3O. The van der Waals surface area contributed by atoms with E-state index in [4.69, 9.17) is 11.0 Å². The predicted molar refractivity (Wildman–Crippen MR) is 82.0 cm³/mol. The van der Waals surface area contributed by atoms with Gasteiger partial charge >= 0.3 is 0 Å². The van der Waals surface area contributed by atoms with Crippen molar-refractivity contribution in [3.05, 3.63) is 28.7 Å². The second-order valence-electron chi connectivity index (χ2n) is 5.39. The zero-order valence-electron chi connectivity index (χ0n) is 11.5. The molecule has 0 unspecified atom stereocenters. The molecule has 0 aromatic heterocycles. The van der Waals surface area contributed by atoms with Crippen LogP contribution in [0, 0.1) is 17.2 Å². The average molecular weight is 336 g/mol. The van der Waals surface area contributed by atoms with E-state index in [1.807, 2.05) is 24.3 Å². The lowest BCUT2D eigenvalue weighted by Crippen LogP contribution is -2.45. The number of hydrogen-bond acceptors (Lipinski definition) is 3. The number of carbonyl (C=O) groups excluding carboxylic acids is 1. The maximum absolute atomic E-state index is 12.5. The standard InChI is InChI=1S/C15H18BrN3O/c1-19(13-5-3-2-4-12(13)16)14(20)11-6-8-15(18,10-17)9-7-11/h2-5,11H,6-9,18H2,1H3. The largest absolute Gasteiger partial charge is 0.314 e. The number of anilines is 1. The molecule has 1 aromatic carbocycles. The number of carbonyl (C=O) groups is 1. The minimum atomic E-state index is -0.747. The Morgan fingerprint density at radius 2 is 2.05 bits per heavy atom. The first-order valence-corrected chi connectivity index (χ1v) is 7.48. The number of nitriles is 1. The molecule has 106 valence electrons. The molecule has 4 nitrogen and oxygen atoms in total. The molecular weight excluding hydrogens is 318 g/mol. The van der Waals surface area contributed by atoms with Crippen molar-refractivity contribution in [2.45, 2.75) is 31.2 Å². The van der Waals surface area contributed by atoms with Crippen molar-refractivity contribution in [1.29, 1.82) is 5.26 Å². The van der Waals surface area contributed by atoms with Crippen LogP contribution >= 0.6 is 15.9 Å². The van der Waals surface area contributed by atoms with Gasteiger partial charge in [0.25, 0.3) is 0 Å². The van der Waals surface area contributed by atoms with Crippen LogP contribution in [0.3, 0.4) is 0 Å². The second-order valence-corrected chi connectivity index (χ2v) is 6.25. The third kappa shape index (κ3) is 3.02. The van der Waals surface area contributed by atoms with E-state index in [9.17, 15) is 4.79 Å². The number of amides is 1. The zero-order valence-corrected chi connectivity index (χ0v) is 13.1. The lowest BCUT2D eigenvalue weighted by atomic mass is 9.77. The zero-order chi connectivity index (χ0) is 14.8. The summed E-state index contributed by atoms with van der Waals surface area (Å²) in [6.07, 6.45) is 2.53. The number of para-hydroxylation sites is 1. The highest BCUT2D eigenvalue weighted by atomic mass is 79.9. The third-order valence-electron chi connectivity index (χ3n) is 3.99. The third-order valence-corrected chi connectivity index (χ3v) is 4.66. The highest BCUT2D eigenvalue weighted by molar-refractivity contribution is 9.10. The summed E-state index contributed by atoms with van der Waals surface area (Å²) in [6, 6.07) is 9.81. The SMILES string of the molecule is CN(C(=O)C1CCC(N)(C#N)CC1)c1ccccc1Br. The van der Waals surface area contributed by atoms with Gasteiger partial charge in [-0.1, -0.05) is 12.1 Å². The van der Waals surface area contributed by atoms with Crippen LogP contribution < -0.4 is 10.6 Å². The smallest absolute Gasteiger partial charge is 0.229 e. The summed E-state index contributed by atoms with van der Waals surface area (Å²) in [5, 5.41) is 9.02. The molecule has 0 saturated heterocycles. The molecule has 2 rings (SSSR count). The van der Waals surface area contributed by atoms with Crippen LogP contribution in [0.5, 0.6) is 0 Å². The lowest BCUT2D eigenvalue weighted by Gasteiger charge is -2.33. The van der Waals surface area contributed by atoms with Crippen LogP contribution in [0.15, 0.2) is 28.7 Å². The highest BCUT2D eigenvalue weighted by Crippen LogP contribution is 2.33. The molecule has 1 saturated carbocycles. The molecule has 0 radical (unpaired) electrons. The predicted octanol–water partition coefficient (Wildman–Crippen LogP) is 2.82. The van der Waals surface area contributed by atoms with E-state index in [2.05, 4.69) is 22.0 Å². The van der Waals surface area contributed by atoms with Gasteiger partial charge < -0.3 is 10.6 Å². The Bertz CT molecular complexity index is 544. The monoisotopic (exact) mass is 335 g/mol. The molecule has 0 bridgehead atoms. The molecule has 0 atom stereocenters. The van der Waals surface area contributed by atoms with Crippen LogP contribution in [0.2, 0.25) is 0 Å². The number of rotatable bonds is 2. The summed E-state index contributed by atoms with van der Waals surface area (Å²) < 4.78 is 0.900. The Labute approximate surface area is 127 Å². The van der Waals surface area contributed by atoms with Gasteiger partial charge in [0.1, 0.15) is 5.54 Å². The molecule has 5 heteroatoms. The van der Waals surface area contributed by atoms with E-state index in [0.29, 0.717) is 25.7 Å². The van der Waals surface area contributed by atoms with Gasteiger partial charge in [0.2, 0.25) is 5.91 Å². The van der Waals surface area contributed by atoms with Gasteiger partial charge in [0.05, 0.1) is 11.8 Å². The van der Waals surface area contributed by atoms with E-state index < -0.39 is 5.54 Å². The van der Waals surface area contributed by atoms with Crippen molar-refractivity contribution >= 4 is 27.5 Å². The fourth-order valence-corrected chi connectivity index (χ4v) is 3.16. The summed E-state index contributed by atoms with van der Waals surface area (Å²) >= 11 is 3.46. The van der Waals surface area contributed by atoms with E-state index in [1.54, 1.807) is 11.9 Å². The maximum Gasteiger partial charge on any atom is 0.229 e. The van der Waals surface area contributed by atoms with E-state index in [0.717, 1.165) is 10.2 Å². The Morgan fingerprint density at radius 1 is 1.45 bits per heavy atom. The van der Waals surface area contributed by atoms with Crippen LogP contribution in [-0.4, -0.2) is 18.5 Å². The van der Waals surface area contributed by atoms with Crippen LogP contribution in [0.1, 0.15) is 25.7 Å². The second kappa shape index (κ2) is 5.94. The molecule has 1 aliphatic carbocycles. The van der Waals surface area contributed by atoms with Gasteiger partial charge in [-0.05, 0) is 53.7 Å². The Hall–Kier alpha value is -1.38. The minimum absolute atomic E-state index is 0.0443. The van der Waals surface area contributed by atoms with Crippen LogP contribution in [-0.2, 0) is 4.79 Å². The van der Waals surface area contributed by atoms with Crippen molar-refractivity contribution in [3.8, 4) is 6.07 Å². The van der Waals surface area contributed by atoms with Crippen molar-refractivity contribution in [1.82, 2.24) is 0 Å². The summed E-state index contributed by atoms with van der Waals surface area (Å²) in [6.45, 7) is 0. The van der Waals surface area contributed by atoms with Crippen molar-refractivity contribution in [3.63, 3.8) is 0 Å². The van der Waals surface area contributed by atoms with Crippen molar-refractivity contribution < 1.29 is 4.79 Å². The molecule has 0 spiro atoms. The summed E-state index contributed by atoms with van der Waals surface area (Å²) in [5.41, 5.74) is 6.05. The summed E-state index contributed by atoms with van der Waals surface area (Å²) in [5.74, 6) is 0.0500. The molecule has 2 N–H and O–H groups in total. The maximum atomic E-state index is 12.5. The van der Waals surface area contributed by atoms with E-state index in [1.165, 1.54) is 0 Å². The first-order chi connectivity index (χ1) is 9.47. The molecule has 1 amide bonds. The van der Waals surface area contributed by atoms with Gasteiger partial charge in [-0.2, -0.15) is 5.26 Å². The van der Waals surface area contributed by atoms with Gasteiger partial charge in [-0.25, -0.2) is 0 Å². The molecule has 20 heavy (non-hydrogen) atoms. The molecule has 0 heterocycles. The first kappa shape index (κ1) is 15.0. The highest BCUT2D eigenvalue weighted by Gasteiger charge is 2.35. The van der Waals surface area contributed by atoms with Gasteiger partial charge in [0, 0.05) is 17.4 Å². The normalized spacial score (nSPS) is 25.8. The average Bonchev–Trinajstić information content (AvgIpc) is 2.47. The number of nitrogens with zero attached hydrogens (tertiary/aromatic N) is 2. The number of nitrogens with two attached hydrogens (primary N) is 1. The van der Waals surface area contributed by atoms with Crippen molar-refractivity contribution in [2.75, 3.05) is 11.9 Å². The van der Waals surface area contributed by atoms with Crippen molar-refractivity contribution in [2.24, 2.45) is 11.7 Å². The fraction of sp³-hybridized carbons (Fsp3) is 0.467. The van der Waals surface area contributed by atoms with Gasteiger partial charge in [-0.3, -0.25) is 4.79 Å². The van der Waals surface area contributed by atoms with Gasteiger partial charge in [-0.15, -0.1) is 0 Å². The Kier molecular flexibility index (Phi) is 4.46. The number of hydrogen-bond donors (Lipinski definition) is 1. The van der Waals surface area contributed by atoms with Crippen LogP contribution in [0.4, 0.5) is 5.69 Å². The van der Waals surface area contributed by atoms with Crippen LogP contribution in [0.25, 0.3) is 0 Å². The molecule has 1 aliphatic rings. The Morgan fingerprint density at radius 3 is 2.60 bits per heavy atom. The number of benzene rings is 1. The lowest BCUT2D eigenvalue weighted by molar-refractivity contribution is -0.123. The van der Waals surface area contributed by atoms with E-state index >= 15 is 0 Å². The fourth-order valence-electron chi connectivity index (χ4n) is 2.61. The van der Waals surface area contributed by atoms with Gasteiger partial charge in [0.15, 0.2) is 0 Å². The number of halogens is 1.